The summed E-state index contributed by atoms with van der Waals surface area (Å²) in [6.07, 6.45) is 7.60. The fraction of sp³-hybridized carbons (Fsp3) is 0.486. The summed E-state index contributed by atoms with van der Waals surface area (Å²) in [4.78, 5) is 4.10. The molecule has 0 heterocycles. The molecule has 3 nitrogen and oxygen atoms in total. The number of hydrogen-bond donors (Lipinski definition) is 0. The van der Waals surface area contributed by atoms with Gasteiger partial charge in [-0.05, 0) is 115 Å². The molecular formula is C35H44O3S2. The topological polar surface area (TPSA) is 57.2 Å². The van der Waals surface area contributed by atoms with E-state index in [-0.39, 0.29) is 33.4 Å². The van der Waals surface area contributed by atoms with Gasteiger partial charge in [-0.2, -0.15) is 0 Å². The third-order valence-corrected chi connectivity index (χ3v) is 12.6. The zero-order valence-corrected chi connectivity index (χ0v) is 26.0. The lowest BCUT2D eigenvalue weighted by molar-refractivity contribution is -0.0784. The molecule has 4 aliphatic carbocycles. The van der Waals surface area contributed by atoms with E-state index in [2.05, 4.69) is 106 Å². The van der Waals surface area contributed by atoms with Crippen molar-refractivity contribution in [2.24, 2.45) is 29.1 Å². The molecule has 0 saturated heterocycles. The summed E-state index contributed by atoms with van der Waals surface area (Å²) in [5, 5.41) is 0. The molecule has 3 aromatic rings. The van der Waals surface area contributed by atoms with E-state index in [0.717, 1.165) is 17.8 Å². The van der Waals surface area contributed by atoms with Crippen molar-refractivity contribution in [1.82, 2.24) is 0 Å². The zero-order valence-electron chi connectivity index (χ0n) is 24.4. The average Bonchev–Trinajstić information content (AvgIpc) is 2.89. The van der Waals surface area contributed by atoms with Gasteiger partial charge >= 0.3 is 0 Å². The standard InChI is InChI=1S/C22H23S.C13H22O3S/c1-22(2,3)18-14-16-21(17-15-18)23(19-10-6-4-7-11-19)20-12-8-5-9-13-20;1-9(8-17(14,15)16)13-5-10-2-11(6-13)4-12(3-10)7-13/h4-17H,1-3H3;9-12H,2-8H2,1H3,(H,14,15,16)/q+1;/p-1. The first-order valence-electron chi connectivity index (χ1n) is 14.8. The Balaban J connectivity index is 0.000000168. The highest BCUT2D eigenvalue weighted by atomic mass is 32.2. The predicted molar refractivity (Wildman–Crippen MR) is 165 cm³/mol. The fourth-order valence-corrected chi connectivity index (χ4v) is 10.9. The molecule has 7 rings (SSSR count). The Morgan fingerprint density at radius 3 is 1.52 bits per heavy atom. The first-order valence-corrected chi connectivity index (χ1v) is 17.6. The number of hydrogen-bond acceptors (Lipinski definition) is 3. The molecule has 4 fully saturated rings. The van der Waals surface area contributed by atoms with Crippen molar-refractivity contribution in [3.8, 4) is 0 Å². The quantitative estimate of drug-likeness (QED) is 0.218. The second-order valence-electron chi connectivity index (χ2n) is 13.6. The normalized spacial score (nSPS) is 26.3. The maximum atomic E-state index is 11.0. The molecule has 5 heteroatoms. The van der Waals surface area contributed by atoms with E-state index in [1.165, 1.54) is 58.8 Å². The van der Waals surface area contributed by atoms with E-state index in [4.69, 9.17) is 0 Å². The van der Waals surface area contributed by atoms with Gasteiger partial charge in [0.25, 0.3) is 0 Å². The molecule has 1 atom stereocenters. The smallest absolute Gasteiger partial charge is 0.166 e. The molecule has 4 saturated carbocycles. The Morgan fingerprint density at radius 1 is 0.750 bits per heavy atom. The summed E-state index contributed by atoms with van der Waals surface area (Å²) in [7, 11) is -4.12. The molecule has 214 valence electrons. The molecule has 4 bridgehead atoms. The largest absolute Gasteiger partial charge is 0.748 e. The third kappa shape index (κ3) is 6.86. The predicted octanol–water partition coefficient (Wildman–Crippen LogP) is 8.46. The first-order chi connectivity index (χ1) is 18.9. The fourth-order valence-electron chi connectivity index (χ4n) is 7.88. The molecule has 3 aromatic carbocycles. The van der Waals surface area contributed by atoms with Crippen LogP contribution in [0.4, 0.5) is 0 Å². The highest BCUT2D eigenvalue weighted by molar-refractivity contribution is 7.97. The minimum absolute atomic E-state index is 0.0497. The van der Waals surface area contributed by atoms with Gasteiger partial charge in [0.15, 0.2) is 14.7 Å². The molecule has 0 aromatic heterocycles. The molecule has 0 radical (unpaired) electrons. The van der Waals surface area contributed by atoms with Crippen molar-refractivity contribution in [2.75, 3.05) is 5.75 Å². The van der Waals surface area contributed by atoms with Crippen molar-refractivity contribution in [2.45, 2.75) is 86.3 Å². The Labute approximate surface area is 244 Å². The Kier molecular flexibility index (Phi) is 8.57. The lowest BCUT2D eigenvalue weighted by Crippen LogP contribution is -2.50. The van der Waals surface area contributed by atoms with Gasteiger partial charge in [0, 0.05) is 5.75 Å². The molecule has 1 unspecified atom stereocenters. The van der Waals surface area contributed by atoms with E-state index in [1.807, 2.05) is 6.92 Å². The summed E-state index contributed by atoms with van der Waals surface area (Å²) in [6, 6.07) is 30.7. The second kappa shape index (κ2) is 11.7. The van der Waals surface area contributed by atoms with Crippen LogP contribution in [-0.4, -0.2) is 18.7 Å². The molecule has 0 N–H and O–H groups in total. The molecule has 4 aliphatic rings. The van der Waals surface area contributed by atoms with Crippen molar-refractivity contribution in [1.29, 1.82) is 0 Å². The van der Waals surface area contributed by atoms with Crippen molar-refractivity contribution < 1.29 is 13.0 Å². The van der Waals surface area contributed by atoms with Crippen molar-refractivity contribution in [3.63, 3.8) is 0 Å². The van der Waals surface area contributed by atoms with Gasteiger partial charge in [-0.1, -0.05) is 76.2 Å². The van der Waals surface area contributed by atoms with Crippen LogP contribution in [0.3, 0.4) is 0 Å². The van der Waals surface area contributed by atoms with Crippen molar-refractivity contribution >= 4 is 21.0 Å². The summed E-state index contributed by atoms with van der Waals surface area (Å²) < 4.78 is 32.9. The Hall–Kier alpha value is -2.08. The molecule has 0 amide bonds. The molecule has 0 aliphatic heterocycles. The van der Waals surface area contributed by atoms with Crippen molar-refractivity contribution in [3.05, 3.63) is 90.5 Å². The van der Waals surface area contributed by atoms with Crippen LogP contribution >= 0.6 is 0 Å². The van der Waals surface area contributed by atoms with Gasteiger partial charge in [-0.15, -0.1) is 0 Å². The van der Waals surface area contributed by atoms with Crippen LogP contribution in [0.2, 0.25) is 0 Å². The summed E-state index contributed by atoms with van der Waals surface area (Å²) in [6.45, 7) is 8.77. The minimum atomic E-state index is -4.07. The highest BCUT2D eigenvalue weighted by Gasteiger charge is 2.53. The lowest BCUT2D eigenvalue weighted by atomic mass is 9.47. The maximum Gasteiger partial charge on any atom is 0.166 e. The van der Waals surface area contributed by atoms with E-state index in [1.54, 1.807) is 0 Å². The van der Waals surface area contributed by atoms with Crippen LogP contribution in [0, 0.1) is 29.1 Å². The summed E-state index contributed by atoms with van der Waals surface area (Å²) >= 11 is 0. The van der Waals surface area contributed by atoms with Crippen LogP contribution in [0.5, 0.6) is 0 Å². The monoisotopic (exact) mass is 576 g/mol. The Morgan fingerprint density at radius 2 is 1.15 bits per heavy atom. The average molecular weight is 577 g/mol. The van der Waals surface area contributed by atoms with E-state index in [0.29, 0.717) is 0 Å². The number of benzene rings is 3. The van der Waals surface area contributed by atoms with Crippen LogP contribution in [0.15, 0.2) is 99.6 Å². The Bertz CT molecular complexity index is 1280. The minimum Gasteiger partial charge on any atom is -0.748 e. The lowest BCUT2D eigenvalue weighted by Gasteiger charge is -2.59. The van der Waals surface area contributed by atoms with E-state index < -0.39 is 10.1 Å². The van der Waals surface area contributed by atoms with E-state index >= 15 is 0 Å². The van der Waals surface area contributed by atoms with Crippen LogP contribution in [0.1, 0.15) is 71.8 Å². The van der Waals surface area contributed by atoms with Gasteiger partial charge in [-0.3, -0.25) is 0 Å². The van der Waals surface area contributed by atoms with Crippen LogP contribution in [-0.2, 0) is 26.4 Å². The van der Waals surface area contributed by atoms with Gasteiger partial charge in [0.2, 0.25) is 0 Å². The van der Waals surface area contributed by atoms with Gasteiger partial charge in [0.1, 0.15) is 0 Å². The van der Waals surface area contributed by atoms with Gasteiger partial charge < -0.3 is 4.55 Å². The van der Waals surface area contributed by atoms with Crippen LogP contribution in [0.25, 0.3) is 0 Å². The highest BCUT2D eigenvalue weighted by Crippen LogP contribution is 2.62. The second-order valence-corrected chi connectivity index (χ2v) is 17.1. The SMILES string of the molecule is CC(C)(C)c1ccc([S+](c2ccccc2)c2ccccc2)cc1.CC(CS(=O)(=O)[O-])C12CC3CC(CC(C3)C1)C2. The van der Waals surface area contributed by atoms with E-state index in [9.17, 15) is 13.0 Å². The van der Waals surface area contributed by atoms with Gasteiger partial charge in [-0.25, -0.2) is 8.42 Å². The summed E-state index contributed by atoms with van der Waals surface area (Å²) in [5.74, 6) is 2.35. The first kappa shape index (κ1) is 29.4. The molecule has 0 spiro atoms. The number of rotatable bonds is 6. The van der Waals surface area contributed by atoms with Crippen LogP contribution < -0.4 is 0 Å². The third-order valence-electron chi connectivity index (χ3n) is 9.50. The molecular weight excluding hydrogens is 533 g/mol. The summed E-state index contributed by atoms with van der Waals surface area (Å²) in [5.41, 5.74) is 1.76. The maximum absolute atomic E-state index is 11.0. The molecule has 40 heavy (non-hydrogen) atoms. The zero-order chi connectivity index (χ0) is 28.5. The van der Waals surface area contributed by atoms with Gasteiger partial charge in [0.05, 0.1) is 21.0 Å².